The predicted molar refractivity (Wildman–Crippen MR) is 101 cm³/mol. The standard InChI is InChI=1S/C19H28N4O3/c1-13-5-4-6-14(2)18(13)21-16(24)11-22(3)17(25)12-23-9-7-15(8-10-23)19(20)26/h4-6,15H,7-12H2,1-3H3,(H2,20,26)(H,21,24). The lowest BCUT2D eigenvalue weighted by atomic mass is 9.96. The molecule has 0 unspecified atom stereocenters. The number of nitrogens with one attached hydrogen (secondary N) is 1. The zero-order chi connectivity index (χ0) is 19.3. The van der Waals surface area contributed by atoms with Crippen molar-refractivity contribution in [2.45, 2.75) is 26.7 Å². The number of carbonyl (C=O) groups excluding carboxylic acids is 3. The maximum absolute atomic E-state index is 12.4. The van der Waals surface area contributed by atoms with Crippen LogP contribution in [0.25, 0.3) is 0 Å². The Labute approximate surface area is 154 Å². The fraction of sp³-hybridized carbons (Fsp3) is 0.526. The molecular weight excluding hydrogens is 332 g/mol. The summed E-state index contributed by atoms with van der Waals surface area (Å²) in [5.41, 5.74) is 8.10. The Morgan fingerprint density at radius 1 is 1.19 bits per heavy atom. The molecule has 0 aromatic heterocycles. The molecule has 1 aromatic carbocycles. The number of nitrogens with zero attached hydrogens (tertiary/aromatic N) is 2. The van der Waals surface area contributed by atoms with Crippen molar-refractivity contribution >= 4 is 23.4 Å². The molecule has 0 saturated carbocycles. The highest BCUT2D eigenvalue weighted by atomic mass is 16.2. The molecule has 1 fully saturated rings. The number of amides is 3. The van der Waals surface area contributed by atoms with Crippen LogP contribution in [0, 0.1) is 19.8 Å². The van der Waals surface area contributed by atoms with Crippen LogP contribution in [-0.2, 0) is 14.4 Å². The largest absolute Gasteiger partial charge is 0.369 e. The Hall–Kier alpha value is -2.41. The number of benzene rings is 1. The molecule has 0 bridgehead atoms. The number of piperidine rings is 1. The summed E-state index contributed by atoms with van der Waals surface area (Å²) in [6, 6.07) is 5.82. The first kappa shape index (κ1) is 19.9. The van der Waals surface area contributed by atoms with Gasteiger partial charge in [0, 0.05) is 18.7 Å². The van der Waals surface area contributed by atoms with Gasteiger partial charge < -0.3 is 16.0 Å². The molecule has 142 valence electrons. The van der Waals surface area contributed by atoms with Gasteiger partial charge in [-0.15, -0.1) is 0 Å². The summed E-state index contributed by atoms with van der Waals surface area (Å²) in [4.78, 5) is 39.3. The number of primary amides is 1. The minimum atomic E-state index is -0.267. The lowest BCUT2D eigenvalue weighted by molar-refractivity contribution is -0.134. The van der Waals surface area contributed by atoms with Crippen LogP contribution >= 0.6 is 0 Å². The molecular formula is C19H28N4O3. The van der Waals surface area contributed by atoms with Crippen LogP contribution in [-0.4, -0.2) is 60.7 Å². The summed E-state index contributed by atoms with van der Waals surface area (Å²) < 4.78 is 0. The van der Waals surface area contributed by atoms with E-state index in [4.69, 9.17) is 5.73 Å². The normalized spacial score (nSPS) is 15.5. The number of para-hydroxylation sites is 1. The number of nitrogens with two attached hydrogens (primary N) is 1. The molecule has 1 saturated heterocycles. The Bertz CT molecular complexity index is 661. The van der Waals surface area contributed by atoms with Gasteiger partial charge in [0.25, 0.3) is 0 Å². The molecule has 7 nitrogen and oxygen atoms in total. The lowest BCUT2D eigenvalue weighted by Crippen LogP contribution is -2.45. The average molecular weight is 360 g/mol. The van der Waals surface area contributed by atoms with Gasteiger partial charge in [0.05, 0.1) is 13.1 Å². The van der Waals surface area contributed by atoms with Gasteiger partial charge in [-0.05, 0) is 50.9 Å². The van der Waals surface area contributed by atoms with Gasteiger partial charge in [-0.2, -0.15) is 0 Å². The number of likely N-dealkylation sites (N-methyl/N-ethyl adjacent to an activating group) is 1. The molecule has 3 amide bonds. The summed E-state index contributed by atoms with van der Waals surface area (Å²) >= 11 is 0. The van der Waals surface area contributed by atoms with E-state index in [1.807, 2.05) is 36.9 Å². The summed E-state index contributed by atoms with van der Waals surface area (Å²) in [7, 11) is 1.63. The van der Waals surface area contributed by atoms with Crippen molar-refractivity contribution in [1.29, 1.82) is 0 Å². The molecule has 0 atom stereocenters. The van der Waals surface area contributed by atoms with Gasteiger partial charge >= 0.3 is 0 Å². The molecule has 0 spiro atoms. The zero-order valence-electron chi connectivity index (χ0n) is 15.7. The van der Waals surface area contributed by atoms with E-state index in [1.165, 1.54) is 4.90 Å². The number of carbonyl (C=O) groups is 3. The zero-order valence-corrected chi connectivity index (χ0v) is 15.7. The molecule has 0 radical (unpaired) electrons. The Morgan fingerprint density at radius 2 is 1.77 bits per heavy atom. The van der Waals surface area contributed by atoms with Crippen molar-refractivity contribution in [2.75, 3.05) is 38.5 Å². The Morgan fingerprint density at radius 3 is 2.31 bits per heavy atom. The van der Waals surface area contributed by atoms with Gasteiger partial charge in [0.1, 0.15) is 0 Å². The number of rotatable bonds is 6. The number of hydrogen-bond donors (Lipinski definition) is 2. The predicted octanol–water partition coefficient (Wildman–Crippen LogP) is 0.898. The first-order valence-corrected chi connectivity index (χ1v) is 8.89. The molecule has 2 rings (SSSR count). The Balaban J connectivity index is 1.81. The van der Waals surface area contributed by atoms with E-state index >= 15 is 0 Å². The number of hydrogen-bond acceptors (Lipinski definition) is 4. The highest BCUT2D eigenvalue weighted by Crippen LogP contribution is 2.19. The topological polar surface area (TPSA) is 95.7 Å². The maximum atomic E-state index is 12.4. The summed E-state index contributed by atoms with van der Waals surface area (Å²) in [5, 5.41) is 2.89. The third-order valence-corrected chi connectivity index (χ3v) is 4.90. The van der Waals surface area contributed by atoms with E-state index in [2.05, 4.69) is 5.32 Å². The summed E-state index contributed by atoms with van der Waals surface area (Å²) in [6.45, 7) is 5.47. The van der Waals surface area contributed by atoms with E-state index in [1.54, 1.807) is 7.05 Å². The molecule has 1 heterocycles. The molecule has 1 aliphatic heterocycles. The van der Waals surface area contributed by atoms with Gasteiger partial charge in [-0.3, -0.25) is 19.3 Å². The second kappa shape index (κ2) is 8.80. The van der Waals surface area contributed by atoms with E-state index in [-0.39, 0.29) is 36.7 Å². The molecule has 3 N–H and O–H groups in total. The summed E-state index contributed by atoms with van der Waals surface area (Å²) in [5.74, 6) is -0.691. The second-order valence-corrected chi connectivity index (χ2v) is 7.02. The highest BCUT2D eigenvalue weighted by Gasteiger charge is 2.25. The van der Waals surface area contributed by atoms with Gasteiger partial charge in [-0.25, -0.2) is 0 Å². The molecule has 26 heavy (non-hydrogen) atoms. The van der Waals surface area contributed by atoms with Crippen LogP contribution in [0.2, 0.25) is 0 Å². The SMILES string of the molecule is Cc1cccc(C)c1NC(=O)CN(C)C(=O)CN1CCC(C(N)=O)CC1. The third-order valence-electron chi connectivity index (χ3n) is 4.90. The first-order valence-electron chi connectivity index (χ1n) is 8.89. The smallest absolute Gasteiger partial charge is 0.243 e. The number of anilines is 1. The second-order valence-electron chi connectivity index (χ2n) is 7.02. The first-order chi connectivity index (χ1) is 12.3. The number of likely N-dealkylation sites (tertiary alicyclic amines) is 1. The van der Waals surface area contributed by atoms with Crippen molar-refractivity contribution in [2.24, 2.45) is 11.7 Å². The van der Waals surface area contributed by atoms with Crippen LogP contribution in [0.5, 0.6) is 0 Å². The van der Waals surface area contributed by atoms with Gasteiger partial charge in [0.15, 0.2) is 0 Å². The van der Waals surface area contributed by atoms with Gasteiger partial charge in [0.2, 0.25) is 17.7 Å². The van der Waals surface area contributed by atoms with Crippen LogP contribution in [0.3, 0.4) is 0 Å². The monoisotopic (exact) mass is 360 g/mol. The van der Waals surface area contributed by atoms with Crippen LogP contribution in [0.4, 0.5) is 5.69 Å². The van der Waals surface area contributed by atoms with Crippen molar-refractivity contribution in [1.82, 2.24) is 9.80 Å². The van der Waals surface area contributed by atoms with Crippen molar-refractivity contribution < 1.29 is 14.4 Å². The van der Waals surface area contributed by atoms with E-state index in [0.29, 0.717) is 25.9 Å². The van der Waals surface area contributed by atoms with Gasteiger partial charge in [-0.1, -0.05) is 18.2 Å². The third kappa shape index (κ3) is 5.29. The fourth-order valence-corrected chi connectivity index (χ4v) is 3.18. The molecule has 7 heteroatoms. The van der Waals surface area contributed by atoms with Crippen molar-refractivity contribution in [3.05, 3.63) is 29.3 Å². The Kier molecular flexibility index (Phi) is 6.74. The minimum absolute atomic E-state index is 0.00432. The fourth-order valence-electron chi connectivity index (χ4n) is 3.18. The van der Waals surface area contributed by atoms with Crippen LogP contribution in [0.15, 0.2) is 18.2 Å². The maximum Gasteiger partial charge on any atom is 0.243 e. The van der Waals surface area contributed by atoms with Crippen LogP contribution < -0.4 is 11.1 Å². The van der Waals surface area contributed by atoms with Crippen LogP contribution in [0.1, 0.15) is 24.0 Å². The average Bonchev–Trinajstić information content (AvgIpc) is 2.58. The highest BCUT2D eigenvalue weighted by molar-refractivity contribution is 5.95. The quantitative estimate of drug-likeness (QED) is 0.788. The van der Waals surface area contributed by atoms with E-state index < -0.39 is 0 Å². The number of aryl methyl sites for hydroxylation is 2. The van der Waals surface area contributed by atoms with Crippen molar-refractivity contribution in [3.8, 4) is 0 Å². The lowest BCUT2D eigenvalue weighted by Gasteiger charge is -2.31. The molecule has 0 aliphatic carbocycles. The minimum Gasteiger partial charge on any atom is -0.369 e. The molecule has 1 aromatic rings. The van der Waals surface area contributed by atoms with E-state index in [0.717, 1.165) is 16.8 Å². The van der Waals surface area contributed by atoms with Crippen molar-refractivity contribution in [3.63, 3.8) is 0 Å². The van der Waals surface area contributed by atoms with E-state index in [9.17, 15) is 14.4 Å². The molecule has 1 aliphatic rings. The summed E-state index contributed by atoms with van der Waals surface area (Å²) in [6.07, 6.45) is 1.36.